The van der Waals surface area contributed by atoms with Gasteiger partial charge in [0.1, 0.15) is 19.8 Å². The fraction of sp³-hybridized carbons (Fsp3) is 0.207. The first-order chi connectivity index (χ1) is 68.5. The van der Waals surface area contributed by atoms with Crippen molar-refractivity contribution in [2.75, 3.05) is 26.2 Å². The van der Waals surface area contributed by atoms with Crippen molar-refractivity contribution in [2.45, 2.75) is 126 Å². The zero-order valence-corrected chi connectivity index (χ0v) is 76.8. The van der Waals surface area contributed by atoms with Crippen molar-refractivity contribution < 1.29 is 57.7 Å². The molecule has 15 aromatic rings. The van der Waals surface area contributed by atoms with Crippen molar-refractivity contribution in [1.82, 2.24) is 39.5 Å². The summed E-state index contributed by atoms with van der Waals surface area (Å²) in [5, 5.41) is 22.3. The van der Waals surface area contributed by atoms with Crippen LogP contribution in [-0.4, -0.2) is 85.5 Å². The van der Waals surface area contributed by atoms with E-state index in [1.54, 1.807) is 30.1 Å². The molecule has 0 spiro atoms. The van der Waals surface area contributed by atoms with E-state index in [4.69, 9.17) is 33.4 Å². The topological polar surface area (TPSA) is 321 Å². The van der Waals surface area contributed by atoms with Crippen molar-refractivity contribution in [3.8, 4) is 23.0 Å². The highest BCUT2D eigenvalue weighted by molar-refractivity contribution is 5.98. The Labute approximate surface area is 806 Å². The summed E-state index contributed by atoms with van der Waals surface area (Å²) in [5.74, 6) is -1.29. The van der Waals surface area contributed by atoms with Crippen LogP contribution in [0.4, 0.5) is 0 Å². The monoisotopic (exact) mass is 1860 g/mol. The lowest BCUT2D eigenvalue weighted by Gasteiger charge is -2.36. The molecule has 4 aromatic heterocycles. The number of amides is 4. The van der Waals surface area contributed by atoms with Crippen LogP contribution in [0.2, 0.25) is 0 Å². The van der Waals surface area contributed by atoms with Crippen molar-refractivity contribution >= 4 is 35.9 Å². The molecule has 4 atom stereocenters. The first-order valence-electron chi connectivity index (χ1n) is 46.9. The predicted molar refractivity (Wildman–Crippen MR) is 526 cm³/mol. The average molecular weight is 1860 g/mol. The van der Waals surface area contributed by atoms with Gasteiger partial charge in [0, 0.05) is 98.4 Å². The second-order valence-electron chi connectivity index (χ2n) is 35.6. The third-order valence-corrected chi connectivity index (χ3v) is 27.8. The van der Waals surface area contributed by atoms with Crippen LogP contribution in [-0.2, 0) is 90.4 Å². The van der Waals surface area contributed by atoms with E-state index in [9.17, 15) is 43.5 Å². The third-order valence-electron chi connectivity index (χ3n) is 27.8. The van der Waals surface area contributed by atoms with Crippen LogP contribution in [0.5, 0.6) is 23.0 Å². The van der Waals surface area contributed by atoms with Crippen molar-refractivity contribution in [3.05, 3.63) is 503 Å². The molecule has 8 heterocycles. The number of benzene rings is 11. The normalized spacial score (nSPS) is 16.6. The SMILES string of the molecule is Cc1cn2c(c(OCc3ccccc3)c1=O)C(=O)NCC2C1c2ccccc2CCc2ccccc21.O=C1NCC(C2c3ccccc3CCc3ccccc32)n2ccc(=O)c(O)c21.O=C1NCC(C2c3ccccc3CCc3ccccc32)n2ccc(=O)c(OCc3ccccc3)c21.O=C1NCC(C2c3ccccc3CCc3ccccc32)n2ccc(=O)c(OCc3ccccc3)c21.O=C=O.O=C=O. The number of nitrogens with zero attached hydrogens (tertiary/aromatic N) is 4. The standard InChI is InChI=1S/C31H28N2O3.2C30H26N2O3.C23H20N2O3.2CO2/c1-20-18-33-26(27-24-13-7-5-11-22(24)15-16-23-12-6-8-14-25(23)27)17-32-31(35)28(33)30(29(20)34)36-19-21-9-3-2-4-10-21;2*33-26-16-17-32-25(18-31-30(34)28(32)29(26)35-19-20-8-2-1-3-9-20)27-23-12-6-4-10-21(23)14-15-22-11-5-7-13-24(22)27;26-19-11-12-25-18(13-24-23(28)21(25)22(19)27)20-16-7-3-1-5-14(16)9-10-15-6-2-4-8-17(15)20;2*2-1-3/h2-14,18,26-27H,15-17,19H2,1H3,(H,32,35);2*1-13,16-17,25,27H,14-15,18-19H2,(H,31,34);1-8,11-12,18,20,27H,9-10,13H2,(H,24,28);;. The summed E-state index contributed by atoms with van der Waals surface area (Å²) in [6.07, 6.45) is 15.3. The fourth-order valence-corrected chi connectivity index (χ4v) is 21.5. The lowest BCUT2D eigenvalue weighted by Crippen LogP contribution is -2.44. The molecule has 0 saturated heterocycles. The smallest absolute Gasteiger partial charge is 0.373 e. The lowest BCUT2D eigenvalue weighted by molar-refractivity contribution is -0.193. The molecule has 24 nitrogen and oxygen atoms in total. The number of carbonyl (C=O) groups excluding carboxylic acids is 8. The number of rotatable bonds is 13. The Kier molecular flexibility index (Phi) is 28.4. The zero-order valence-electron chi connectivity index (χ0n) is 76.8. The van der Waals surface area contributed by atoms with Gasteiger partial charge in [0.15, 0.2) is 45.8 Å². The zero-order chi connectivity index (χ0) is 96.9. The van der Waals surface area contributed by atoms with Crippen LogP contribution >= 0.6 is 0 Å². The summed E-state index contributed by atoms with van der Waals surface area (Å²) in [6.45, 7) is 4.31. The summed E-state index contributed by atoms with van der Waals surface area (Å²) in [5.41, 5.74) is 23.6. The molecule has 4 aliphatic heterocycles. The summed E-state index contributed by atoms with van der Waals surface area (Å²) in [4.78, 5) is 135. The first-order valence-corrected chi connectivity index (χ1v) is 46.9. The molecule has 23 rings (SSSR count). The van der Waals surface area contributed by atoms with Gasteiger partial charge in [0.05, 0.1) is 24.2 Å². The van der Waals surface area contributed by atoms with Crippen LogP contribution in [0.25, 0.3) is 0 Å². The number of nitrogens with one attached hydrogen (secondary N) is 4. The Hall–Kier alpha value is -16.9. The minimum atomic E-state index is -0.538. The van der Waals surface area contributed by atoms with Crippen LogP contribution in [0.15, 0.2) is 347 Å². The Bertz CT molecular complexity index is 7100. The van der Waals surface area contributed by atoms with E-state index in [-0.39, 0.29) is 137 Å². The molecule has 24 heteroatoms. The molecule has 0 bridgehead atoms. The molecule has 0 saturated carbocycles. The van der Waals surface area contributed by atoms with Gasteiger partial charge in [-0.15, -0.1) is 0 Å². The fourth-order valence-electron chi connectivity index (χ4n) is 21.5. The second-order valence-corrected chi connectivity index (χ2v) is 35.6. The number of carbonyl (C=O) groups is 4. The number of aromatic hydroxyl groups is 1. The highest BCUT2D eigenvalue weighted by atomic mass is 16.5. The molecule has 0 radical (unpaired) electrons. The van der Waals surface area contributed by atoms with Crippen LogP contribution in [0.1, 0.15) is 201 Å². The van der Waals surface area contributed by atoms with Gasteiger partial charge in [-0.1, -0.05) is 285 Å². The van der Waals surface area contributed by atoms with Crippen molar-refractivity contribution in [3.63, 3.8) is 0 Å². The van der Waals surface area contributed by atoms with Gasteiger partial charge in [-0.3, -0.25) is 38.4 Å². The quantitative estimate of drug-likeness (QED) is 0.0716. The summed E-state index contributed by atoms with van der Waals surface area (Å²) in [7, 11) is 0. The van der Waals surface area contributed by atoms with E-state index in [2.05, 4.69) is 203 Å². The molecule has 5 N–H and O–H groups in total. The molecular weight excluding hydrogens is 1760 g/mol. The predicted octanol–water partition coefficient (Wildman–Crippen LogP) is 15.8. The van der Waals surface area contributed by atoms with Gasteiger partial charge in [0.2, 0.25) is 21.7 Å². The molecule has 0 fully saturated rings. The van der Waals surface area contributed by atoms with E-state index in [1.165, 1.54) is 107 Å². The maximum Gasteiger partial charge on any atom is 0.373 e. The second kappa shape index (κ2) is 42.5. The van der Waals surface area contributed by atoms with Gasteiger partial charge >= 0.3 is 12.3 Å². The first kappa shape index (κ1) is 93.5. The van der Waals surface area contributed by atoms with Crippen LogP contribution < -0.4 is 57.2 Å². The number of ether oxygens (including phenoxy) is 3. The molecule has 140 heavy (non-hydrogen) atoms. The highest BCUT2D eigenvalue weighted by Crippen LogP contribution is 2.49. The molecule has 4 aliphatic carbocycles. The van der Waals surface area contributed by atoms with Crippen LogP contribution in [0, 0.1) is 6.92 Å². The summed E-state index contributed by atoms with van der Waals surface area (Å²) < 4.78 is 25.8. The number of hydrogen-bond donors (Lipinski definition) is 5. The van der Waals surface area contributed by atoms with Gasteiger partial charge in [-0.05, 0) is 164 Å². The van der Waals surface area contributed by atoms with Crippen LogP contribution in [0.3, 0.4) is 0 Å². The average Bonchev–Trinajstić information content (AvgIpc) is 1.71. The van der Waals surface area contributed by atoms with Crippen molar-refractivity contribution in [1.29, 1.82) is 0 Å². The molecule has 4 unspecified atom stereocenters. The van der Waals surface area contributed by atoms with E-state index in [0.717, 1.165) is 68.1 Å². The Balaban J connectivity index is 0.000000122. The summed E-state index contributed by atoms with van der Waals surface area (Å²) >= 11 is 0. The minimum Gasteiger partial charge on any atom is -0.503 e. The van der Waals surface area contributed by atoms with Crippen molar-refractivity contribution in [2.24, 2.45) is 0 Å². The third kappa shape index (κ3) is 19.3. The maximum absolute atomic E-state index is 13.2. The highest BCUT2D eigenvalue weighted by Gasteiger charge is 2.44. The Morgan fingerprint density at radius 2 is 0.493 bits per heavy atom. The number of hydrogen-bond acceptors (Lipinski definition) is 16. The van der Waals surface area contributed by atoms with Gasteiger partial charge in [0.25, 0.3) is 23.6 Å². The van der Waals surface area contributed by atoms with E-state index in [0.29, 0.717) is 48.8 Å². The van der Waals surface area contributed by atoms with E-state index >= 15 is 0 Å². The van der Waals surface area contributed by atoms with Gasteiger partial charge in [-0.25, -0.2) is 0 Å². The number of pyridine rings is 4. The number of aromatic nitrogens is 4. The summed E-state index contributed by atoms with van der Waals surface area (Å²) in [6, 6.07) is 101. The largest absolute Gasteiger partial charge is 0.503 e. The molecule has 8 aliphatic rings. The molecule has 4 amide bonds. The molecular formula is C116H100N8O16. The molecule has 700 valence electrons. The van der Waals surface area contributed by atoms with E-state index < -0.39 is 17.1 Å². The number of fused-ring (bicyclic) bond motifs is 12. The Morgan fingerprint density at radius 1 is 0.279 bits per heavy atom. The van der Waals surface area contributed by atoms with E-state index in [1.807, 2.05) is 123 Å². The Morgan fingerprint density at radius 3 is 0.764 bits per heavy atom. The minimum absolute atomic E-state index is 0.0103. The maximum atomic E-state index is 13.2. The van der Waals surface area contributed by atoms with Gasteiger partial charge in [-0.2, -0.15) is 19.2 Å². The molecule has 11 aromatic carbocycles. The lowest BCUT2D eigenvalue weighted by atomic mass is 9.81. The van der Waals surface area contributed by atoms with Gasteiger partial charge < -0.3 is 58.9 Å². The number of aryl methyl sites for hydroxylation is 9.